The third-order valence-corrected chi connectivity index (χ3v) is 1.22. The van der Waals surface area contributed by atoms with E-state index < -0.39 is 0 Å². The van der Waals surface area contributed by atoms with Gasteiger partial charge in [0, 0.05) is 6.54 Å². The lowest BCUT2D eigenvalue weighted by atomic mass is 10.3. The Labute approximate surface area is 67.4 Å². The average Bonchev–Trinajstić information content (AvgIpc) is 1.97. The molecule has 1 unspecified atom stereocenters. The summed E-state index contributed by atoms with van der Waals surface area (Å²) in [7, 11) is 3.82. The highest BCUT2D eigenvalue weighted by Gasteiger charge is 2.07. The molecule has 0 bridgehead atoms. The second kappa shape index (κ2) is 6.54. The summed E-state index contributed by atoms with van der Waals surface area (Å²) in [6, 6.07) is 0. The molecule has 1 atom stereocenters. The van der Waals surface area contributed by atoms with Crippen molar-refractivity contribution in [1.82, 2.24) is 4.90 Å². The van der Waals surface area contributed by atoms with Crippen molar-refractivity contribution in [2.24, 2.45) is 0 Å². The van der Waals surface area contributed by atoms with Gasteiger partial charge in [0.05, 0.1) is 25.9 Å². The highest BCUT2D eigenvalue weighted by molar-refractivity contribution is 4.58. The van der Waals surface area contributed by atoms with Gasteiger partial charge in [-0.2, -0.15) is 0 Å². The zero-order valence-corrected chi connectivity index (χ0v) is 7.16. The van der Waals surface area contributed by atoms with Gasteiger partial charge in [0.25, 0.3) is 0 Å². The van der Waals surface area contributed by atoms with E-state index in [2.05, 4.69) is 0 Å². The number of rotatable bonds is 6. The van der Waals surface area contributed by atoms with Gasteiger partial charge in [0.1, 0.15) is 0 Å². The third kappa shape index (κ3) is 6.25. The summed E-state index contributed by atoms with van der Waals surface area (Å²) in [6.07, 6.45) is -0.183. The van der Waals surface area contributed by atoms with Gasteiger partial charge in [-0.1, -0.05) is 0 Å². The smallest absolute Gasteiger partial charge is 0.0933 e. The molecule has 0 fully saturated rings. The molecule has 0 spiro atoms. The van der Waals surface area contributed by atoms with E-state index in [0.29, 0.717) is 13.2 Å². The Bertz CT molecular complexity index is 87.8. The van der Waals surface area contributed by atoms with Gasteiger partial charge in [-0.3, -0.25) is 0 Å². The second-order valence-electron chi connectivity index (χ2n) is 2.66. The Hall–Kier alpha value is -0.160. The molecule has 0 aliphatic carbocycles. The van der Waals surface area contributed by atoms with Crippen LogP contribution in [0.4, 0.5) is 0 Å². The molecule has 11 heavy (non-hydrogen) atoms. The minimum absolute atomic E-state index is 0.00181. The molecule has 0 rings (SSSR count). The number of ether oxygens (including phenoxy) is 1. The molecule has 0 aliphatic rings. The first-order valence-electron chi connectivity index (χ1n) is 3.68. The Morgan fingerprint density at radius 2 is 2.00 bits per heavy atom. The van der Waals surface area contributed by atoms with Gasteiger partial charge in [-0.25, -0.2) is 0 Å². The predicted molar refractivity (Wildman–Crippen MR) is 42.5 cm³/mol. The SMILES string of the molecule is CN(C)CC(CO)OCCO. The van der Waals surface area contributed by atoms with Crippen LogP contribution in [0.15, 0.2) is 0 Å². The fraction of sp³-hybridized carbons (Fsp3) is 1.00. The van der Waals surface area contributed by atoms with Crippen LogP contribution < -0.4 is 0 Å². The van der Waals surface area contributed by atoms with Crippen LogP contribution in [0, 0.1) is 0 Å². The summed E-state index contributed by atoms with van der Waals surface area (Å²) in [5.74, 6) is 0. The number of aliphatic hydroxyl groups excluding tert-OH is 2. The molecular formula is C7H17NO3. The molecule has 0 heterocycles. The van der Waals surface area contributed by atoms with Crippen LogP contribution in [0.1, 0.15) is 0 Å². The summed E-state index contributed by atoms with van der Waals surface area (Å²) in [4.78, 5) is 1.93. The lowest BCUT2D eigenvalue weighted by molar-refractivity contribution is -0.0148. The topological polar surface area (TPSA) is 52.9 Å². The fourth-order valence-corrected chi connectivity index (χ4v) is 0.790. The first kappa shape index (κ1) is 10.8. The van der Waals surface area contributed by atoms with E-state index in [1.807, 2.05) is 19.0 Å². The average molecular weight is 163 g/mol. The molecule has 0 aromatic heterocycles. The Morgan fingerprint density at radius 1 is 1.36 bits per heavy atom. The summed E-state index contributed by atoms with van der Waals surface area (Å²) in [6.45, 7) is 0.970. The first-order chi connectivity index (χ1) is 5.20. The lowest BCUT2D eigenvalue weighted by Crippen LogP contribution is -2.32. The van der Waals surface area contributed by atoms with Crippen molar-refractivity contribution >= 4 is 0 Å². The standard InChI is InChI=1S/C7H17NO3/c1-8(2)5-7(6-10)11-4-3-9/h7,9-10H,3-6H2,1-2H3. The third-order valence-electron chi connectivity index (χ3n) is 1.22. The first-order valence-corrected chi connectivity index (χ1v) is 3.68. The summed E-state index contributed by atoms with van der Waals surface area (Å²) >= 11 is 0. The molecule has 4 heteroatoms. The molecule has 0 aromatic carbocycles. The van der Waals surface area contributed by atoms with Crippen LogP contribution in [-0.4, -0.2) is 61.7 Å². The van der Waals surface area contributed by atoms with E-state index in [0.717, 1.165) is 0 Å². The number of nitrogens with zero attached hydrogens (tertiary/aromatic N) is 1. The fourth-order valence-electron chi connectivity index (χ4n) is 0.790. The van der Waals surface area contributed by atoms with Crippen molar-refractivity contribution in [2.75, 3.05) is 40.5 Å². The molecule has 0 radical (unpaired) electrons. The maximum atomic E-state index is 8.77. The Balaban J connectivity index is 3.41. The number of hydrogen-bond acceptors (Lipinski definition) is 4. The van der Waals surface area contributed by atoms with E-state index >= 15 is 0 Å². The number of aliphatic hydroxyl groups is 2. The van der Waals surface area contributed by atoms with Crippen LogP contribution in [0.5, 0.6) is 0 Å². The molecule has 0 saturated heterocycles. The van der Waals surface area contributed by atoms with Crippen LogP contribution in [0.3, 0.4) is 0 Å². The normalized spacial score (nSPS) is 13.9. The summed E-state index contributed by atoms with van der Waals surface area (Å²) < 4.78 is 5.11. The summed E-state index contributed by atoms with van der Waals surface area (Å²) in [5, 5.41) is 17.2. The van der Waals surface area contributed by atoms with Crippen molar-refractivity contribution in [3.63, 3.8) is 0 Å². The van der Waals surface area contributed by atoms with Gasteiger partial charge < -0.3 is 19.8 Å². The van der Waals surface area contributed by atoms with Crippen molar-refractivity contribution in [3.05, 3.63) is 0 Å². The zero-order valence-electron chi connectivity index (χ0n) is 7.16. The van der Waals surface area contributed by atoms with Gasteiger partial charge in [0.15, 0.2) is 0 Å². The van der Waals surface area contributed by atoms with Crippen LogP contribution >= 0.6 is 0 Å². The predicted octanol–water partition coefficient (Wildman–Crippen LogP) is -1.08. The van der Waals surface area contributed by atoms with E-state index in [1.165, 1.54) is 0 Å². The van der Waals surface area contributed by atoms with Gasteiger partial charge >= 0.3 is 0 Å². The van der Waals surface area contributed by atoms with Crippen molar-refractivity contribution < 1.29 is 14.9 Å². The highest BCUT2D eigenvalue weighted by Crippen LogP contribution is 1.91. The van der Waals surface area contributed by atoms with Gasteiger partial charge in [-0.15, -0.1) is 0 Å². The molecule has 4 nitrogen and oxygen atoms in total. The van der Waals surface area contributed by atoms with Crippen LogP contribution in [0.25, 0.3) is 0 Å². The van der Waals surface area contributed by atoms with Gasteiger partial charge in [-0.05, 0) is 14.1 Å². The van der Waals surface area contributed by atoms with E-state index in [-0.39, 0.29) is 19.3 Å². The maximum Gasteiger partial charge on any atom is 0.0933 e. The number of hydrogen-bond donors (Lipinski definition) is 2. The second-order valence-corrected chi connectivity index (χ2v) is 2.66. The molecule has 68 valence electrons. The summed E-state index contributed by atoms with van der Waals surface area (Å²) in [5.41, 5.74) is 0. The highest BCUT2D eigenvalue weighted by atomic mass is 16.5. The Kier molecular flexibility index (Phi) is 6.45. The Morgan fingerprint density at radius 3 is 2.36 bits per heavy atom. The van der Waals surface area contributed by atoms with E-state index in [1.54, 1.807) is 0 Å². The van der Waals surface area contributed by atoms with Crippen molar-refractivity contribution in [3.8, 4) is 0 Å². The monoisotopic (exact) mass is 163 g/mol. The molecule has 0 aliphatic heterocycles. The molecule has 0 aromatic rings. The quantitative estimate of drug-likeness (QED) is 0.523. The van der Waals surface area contributed by atoms with E-state index in [9.17, 15) is 0 Å². The molecular weight excluding hydrogens is 146 g/mol. The van der Waals surface area contributed by atoms with E-state index in [4.69, 9.17) is 14.9 Å². The minimum Gasteiger partial charge on any atom is -0.394 e. The number of likely N-dealkylation sites (N-methyl/N-ethyl adjacent to an activating group) is 1. The van der Waals surface area contributed by atoms with Crippen molar-refractivity contribution in [2.45, 2.75) is 6.10 Å². The largest absolute Gasteiger partial charge is 0.394 e. The lowest BCUT2D eigenvalue weighted by Gasteiger charge is -2.18. The van der Waals surface area contributed by atoms with Crippen molar-refractivity contribution in [1.29, 1.82) is 0 Å². The molecule has 0 saturated carbocycles. The maximum absolute atomic E-state index is 8.77. The molecule has 2 N–H and O–H groups in total. The van der Waals surface area contributed by atoms with Crippen LogP contribution in [-0.2, 0) is 4.74 Å². The molecule has 0 amide bonds. The minimum atomic E-state index is -0.183. The van der Waals surface area contributed by atoms with Crippen LogP contribution in [0.2, 0.25) is 0 Å². The van der Waals surface area contributed by atoms with Gasteiger partial charge in [0.2, 0.25) is 0 Å². The zero-order chi connectivity index (χ0) is 8.69.